The standard InChI is InChI=1S/C10H11N3O3S/c1-7-2-3-10(9(11)4-7)17(14,15)13-8-5-12-16-6-8/h2-6,13H,11H2,1H3. The number of hydrogen-bond donors (Lipinski definition) is 2. The molecule has 2 aromatic rings. The Balaban J connectivity index is 2.38. The smallest absolute Gasteiger partial charge is 0.264 e. The zero-order valence-corrected chi connectivity index (χ0v) is 9.86. The number of nitrogen functional groups attached to an aromatic ring is 1. The van der Waals surface area contributed by atoms with Gasteiger partial charge in [-0.3, -0.25) is 4.72 Å². The van der Waals surface area contributed by atoms with Gasteiger partial charge in [-0.2, -0.15) is 0 Å². The average molecular weight is 253 g/mol. The van der Waals surface area contributed by atoms with Crippen LogP contribution >= 0.6 is 0 Å². The molecule has 17 heavy (non-hydrogen) atoms. The quantitative estimate of drug-likeness (QED) is 0.805. The second-order valence-corrected chi connectivity index (χ2v) is 5.21. The number of hydrogen-bond acceptors (Lipinski definition) is 5. The van der Waals surface area contributed by atoms with Crippen LogP contribution in [0.15, 0.2) is 40.1 Å². The molecule has 7 heteroatoms. The third-order valence-electron chi connectivity index (χ3n) is 2.14. The van der Waals surface area contributed by atoms with Crippen molar-refractivity contribution >= 4 is 21.4 Å². The SMILES string of the molecule is Cc1ccc(S(=O)(=O)Nc2cnoc2)c(N)c1. The van der Waals surface area contributed by atoms with Crippen LogP contribution in [-0.2, 0) is 10.0 Å². The summed E-state index contributed by atoms with van der Waals surface area (Å²) in [4.78, 5) is 0.0318. The van der Waals surface area contributed by atoms with Gasteiger partial charge in [-0.25, -0.2) is 8.42 Å². The summed E-state index contributed by atoms with van der Waals surface area (Å²) >= 11 is 0. The Morgan fingerprint density at radius 3 is 2.76 bits per heavy atom. The Labute approximate surface area is 98.5 Å². The van der Waals surface area contributed by atoms with Crippen molar-refractivity contribution in [2.75, 3.05) is 10.5 Å². The molecule has 1 heterocycles. The summed E-state index contributed by atoms with van der Waals surface area (Å²) < 4.78 is 30.8. The van der Waals surface area contributed by atoms with E-state index in [9.17, 15) is 8.42 Å². The van der Waals surface area contributed by atoms with Gasteiger partial charge in [0.15, 0.2) is 0 Å². The average Bonchev–Trinajstić information content (AvgIpc) is 2.68. The Hall–Kier alpha value is -2.02. The zero-order chi connectivity index (χ0) is 12.5. The molecule has 0 saturated carbocycles. The maximum atomic E-state index is 12.0. The second-order valence-electron chi connectivity index (χ2n) is 3.56. The summed E-state index contributed by atoms with van der Waals surface area (Å²) in [5, 5.41) is 3.40. The first-order valence-electron chi connectivity index (χ1n) is 4.77. The number of nitrogens with zero attached hydrogens (tertiary/aromatic N) is 1. The molecular formula is C10H11N3O3S. The first-order chi connectivity index (χ1) is 7.99. The van der Waals surface area contributed by atoms with E-state index in [-0.39, 0.29) is 16.3 Å². The van der Waals surface area contributed by atoms with Crippen molar-refractivity contribution in [3.05, 3.63) is 36.2 Å². The van der Waals surface area contributed by atoms with Crippen LogP contribution in [0.2, 0.25) is 0 Å². The molecule has 0 aliphatic heterocycles. The molecule has 0 spiro atoms. The zero-order valence-electron chi connectivity index (χ0n) is 9.04. The molecular weight excluding hydrogens is 242 g/mol. The molecule has 90 valence electrons. The van der Waals surface area contributed by atoms with Crippen molar-refractivity contribution in [3.8, 4) is 0 Å². The van der Waals surface area contributed by atoms with Crippen LogP contribution in [0, 0.1) is 6.92 Å². The molecule has 2 rings (SSSR count). The molecule has 0 bridgehead atoms. The van der Waals surface area contributed by atoms with Crippen molar-refractivity contribution in [3.63, 3.8) is 0 Å². The lowest BCUT2D eigenvalue weighted by Gasteiger charge is -2.08. The Kier molecular flexibility index (Phi) is 2.76. The van der Waals surface area contributed by atoms with Gasteiger partial charge in [0, 0.05) is 0 Å². The maximum Gasteiger partial charge on any atom is 0.264 e. The summed E-state index contributed by atoms with van der Waals surface area (Å²) in [6.07, 6.45) is 2.46. The van der Waals surface area contributed by atoms with Crippen molar-refractivity contribution in [2.45, 2.75) is 11.8 Å². The first kappa shape index (κ1) is 11.5. The third-order valence-corrected chi connectivity index (χ3v) is 3.59. The topological polar surface area (TPSA) is 98.2 Å². The number of anilines is 2. The monoisotopic (exact) mass is 253 g/mol. The summed E-state index contributed by atoms with van der Waals surface area (Å²) in [6.45, 7) is 1.83. The number of nitrogens with one attached hydrogen (secondary N) is 1. The predicted octanol–water partition coefficient (Wildman–Crippen LogP) is 1.37. The Morgan fingerprint density at radius 2 is 2.18 bits per heavy atom. The summed E-state index contributed by atoms with van der Waals surface area (Å²) in [6, 6.07) is 4.74. The number of aromatic nitrogens is 1. The summed E-state index contributed by atoms with van der Waals surface area (Å²) in [5.41, 5.74) is 7.03. The van der Waals surface area contributed by atoms with Crippen LogP contribution in [0.1, 0.15) is 5.56 Å². The van der Waals surface area contributed by atoms with Crippen LogP contribution in [0.25, 0.3) is 0 Å². The van der Waals surface area contributed by atoms with Gasteiger partial charge in [-0.15, -0.1) is 0 Å². The molecule has 0 atom stereocenters. The van der Waals surface area contributed by atoms with Crippen molar-refractivity contribution < 1.29 is 12.9 Å². The summed E-state index contributed by atoms with van der Waals surface area (Å²) in [7, 11) is -3.71. The van der Waals surface area contributed by atoms with Gasteiger partial charge in [0.25, 0.3) is 10.0 Å². The first-order valence-corrected chi connectivity index (χ1v) is 6.26. The molecule has 0 amide bonds. The highest BCUT2D eigenvalue weighted by Gasteiger charge is 2.18. The number of aryl methyl sites for hydroxylation is 1. The molecule has 0 aliphatic rings. The van der Waals surface area contributed by atoms with E-state index >= 15 is 0 Å². The van der Waals surface area contributed by atoms with Gasteiger partial charge in [-0.05, 0) is 24.6 Å². The maximum absolute atomic E-state index is 12.0. The van der Waals surface area contributed by atoms with E-state index < -0.39 is 10.0 Å². The molecule has 0 aliphatic carbocycles. The number of benzene rings is 1. The van der Waals surface area contributed by atoms with E-state index in [1.807, 2.05) is 6.92 Å². The van der Waals surface area contributed by atoms with E-state index in [2.05, 4.69) is 14.4 Å². The lowest BCUT2D eigenvalue weighted by atomic mass is 10.2. The predicted molar refractivity (Wildman–Crippen MR) is 62.9 cm³/mol. The van der Waals surface area contributed by atoms with E-state index in [0.29, 0.717) is 0 Å². The highest BCUT2D eigenvalue weighted by molar-refractivity contribution is 7.92. The fraction of sp³-hybridized carbons (Fsp3) is 0.100. The number of sulfonamides is 1. The lowest BCUT2D eigenvalue weighted by molar-refractivity contribution is 0.420. The van der Waals surface area contributed by atoms with Crippen molar-refractivity contribution in [1.29, 1.82) is 0 Å². The number of nitrogens with two attached hydrogens (primary N) is 1. The van der Waals surface area contributed by atoms with E-state index in [1.54, 1.807) is 12.1 Å². The molecule has 0 unspecified atom stereocenters. The highest BCUT2D eigenvalue weighted by Crippen LogP contribution is 2.22. The molecule has 1 aromatic heterocycles. The van der Waals surface area contributed by atoms with Crippen molar-refractivity contribution in [1.82, 2.24) is 5.16 Å². The summed E-state index contributed by atoms with van der Waals surface area (Å²) in [5.74, 6) is 0. The largest absolute Gasteiger partial charge is 0.398 e. The molecule has 0 fully saturated rings. The van der Waals surface area contributed by atoms with Crippen LogP contribution in [0.5, 0.6) is 0 Å². The minimum Gasteiger partial charge on any atom is -0.398 e. The number of rotatable bonds is 3. The molecule has 1 aromatic carbocycles. The van der Waals surface area contributed by atoms with Crippen molar-refractivity contribution in [2.24, 2.45) is 0 Å². The van der Waals surface area contributed by atoms with Gasteiger partial charge in [0.1, 0.15) is 16.8 Å². The second kappa shape index (κ2) is 4.10. The molecule has 6 nitrogen and oxygen atoms in total. The molecule has 0 saturated heterocycles. The Bertz CT molecular complexity index is 620. The van der Waals surface area contributed by atoms with Gasteiger partial charge in [0.05, 0.1) is 11.9 Å². The van der Waals surface area contributed by atoms with Crippen LogP contribution < -0.4 is 10.5 Å². The normalized spacial score (nSPS) is 11.4. The fourth-order valence-corrected chi connectivity index (χ4v) is 2.52. The van der Waals surface area contributed by atoms with E-state index in [0.717, 1.165) is 5.56 Å². The third kappa shape index (κ3) is 2.39. The van der Waals surface area contributed by atoms with Gasteiger partial charge in [-0.1, -0.05) is 11.2 Å². The minimum atomic E-state index is -3.71. The van der Waals surface area contributed by atoms with Gasteiger partial charge in [0.2, 0.25) is 0 Å². The van der Waals surface area contributed by atoms with Crippen LogP contribution in [-0.4, -0.2) is 13.6 Å². The Morgan fingerprint density at radius 1 is 1.41 bits per heavy atom. The minimum absolute atomic E-state index is 0.0318. The van der Waals surface area contributed by atoms with Gasteiger partial charge >= 0.3 is 0 Å². The molecule has 3 N–H and O–H groups in total. The fourth-order valence-electron chi connectivity index (χ4n) is 1.38. The molecule has 0 radical (unpaired) electrons. The van der Waals surface area contributed by atoms with Gasteiger partial charge < -0.3 is 10.3 Å². The lowest BCUT2D eigenvalue weighted by Crippen LogP contribution is -2.14. The van der Waals surface area contributed by atoms with Crippen LogP contribution in [0.3, 0.4) is 0 Å². The van der Waals surface area contributed by atoms with Crippen LogP contribution in [0.4, 0.5) is 11.4 Å². The van der Waals surface area contributed by atoms with E-state index in [4.69, 9.17) is 5.73 Å². The highest BCUT2D eigenvalue weighted by atomic mass is 32.2. The van der Waals surface area contributed by atoms with E-state index in [1.165, 1.54) is 18.5 Å².